The Hall–Kier alpha value is -1.57. The number of aromatic nitrogens is 2. The molecule has 1 heterocycles. The Labute approximate surface area is 116 Å². The van der Waals surface area contributed by atoms with Crippen LogP contribution in [0.2, 0.25) is 0 Å². The second-order valence-electron chi connectivity index (χ2n) is 4.66. The average Bonchev–Trinajstić information content (AvgIpc) is 2.36. The standard InChI is InChI=1S/C12H19F3N4O/c1-7(2)8(6-20-4)17-10-5-9(12(13,14)15)18-11(16-3)19-10/h5,7-8H,6H2,1-4H3,(H2,16,17,18,19). The van der Waals surface area contributed by atoms with Gasteiger partial charge in [0.1, 0.15) is 5.82 Å². The summed E-state index contributed by atoms with van der Waals surface area (Å²) in [6, 6.07) is 0.756. The summed E-state index contributed by atoms with van der Waals surface area (Å²) in [5.41, 5.74) is -0.987. The summed E-state index contributed by atoms with van der Waals surface area (Å²) >= 11 is 0. The van der Waals surface area contributed by atoms with Gasteiger partial charge in [-0.2, -0.15) is 18.2 Å². The molecule has 0 aliphatic carbocycles. The largest absolute Gasteiger partial charge is 0.433 e. The summed E-state index contributed by atoms with van der Waals surface area (Å²) in [5.74, 6) is 0.215. The minimum Gasteiger partial charge on any atom is -0.383 e. The van der Waals surface area contributed by atoms with Gasteiger partial charge >= 0.3 is 6.18 Å². The van der Waals surface area contributed by atoms with Crippen LogP contribution in [0.15, 0.2) is 6.07 Å². The van der Waals surface area contributed by atoms with Crippen LogP contribution < -0.4 is 10.6 Å². The number of ether oxygens (including phenoxy) is 1. The zero-order valence-electron chi connectivity index (χ0n) is 11.9. The SMILES string of the molecule is CNc1nc(NC(COC)C(C)C)cc(C(F)(F)F)n1. The first-order chi connectivity index (χ1) is 9.27. The van der Waals surface area contributed by atoms with E-state index in [1.807, 2.05) is 13.8 Å². The van der Waals surface area contributed by atoms with Gasteiger partial charge in [-0.05, 0) is 5.92 Å². The summed E-state index contributed by atoms with van der Waals surface area (Å²) in [6.07, 6.45) is -4.51. The van der Waals surface area contributed by atoms with Gasteiger partial charge in [-0.3, -0.25) is 0 Å². The van der Waals surface area contributed by atoms with Crippen molar-refractivity contribution in [2.24, 2.45) is 5.92 Å². The highest BCUT2D eigenvalue weighted by atomic mass is 19.4. The predicted molar refractivity (Wildman–Crippen MR) is 70.7 cm³/mol. The smallest absolute Gasteiger partial charge is 0.383 e. The van der Waals surface area contributed by atoms with Crippen LogP contribution in [0, 0.1) is 5.92 Å². The average molecular weight is 292 g/mol. The quantitative estimate of drug-likeness (QED) is 0.844. The Morgan fingerprint density at radius 1 is 1.30 bits per heavy atom. The van der Waals surface area contributed by atoms with Crippen molar-refractivity contribution >= 4 is 11.8 Å². The maximum Gasteiger partial charge on any atom is 0.433 e. The second kappa shape index (κ2) is 6.74. The van der Waals surface area contributed by atoms with Crippen LogP contribution in [0.5, 0.6) is 0 Å². The molecular formula is C12H19F3N4O. The highest BCUT2D eigenvalue weighted by molar-refractivity contribution is 5.43. The Balaban J connectivity index is 3.04. The van der Waals surface area contributed by atoms with Crippen molar-refractivity contribution in [2.75, 3.05) is 31.4 Å². The van der Waals surface area contributed by atoms with Gasteiger partial charge in [0.2, 0.25) is 5.95 Å². The fourth-order valence-electron chi connectivity index (χ4n) is 1.55. The number of hydrogen-bond donors (Lipinski definition) is 2. The van der Waals surface area contributed by atoms with Gasteiger partial charge in [0.25, 0.3) is 0 Å². The minimum absolute atomic E-state index is 0.0813. The highest BCUT2D eigenvalue weighted by Crippen LogP contribution is 2.29. The molecule has 1 aromatic rings. The zero-order valence-corrected chi connectivity index (χ0v) is 11.9. The van der Waals surface area contributed by atoms with Crippen LogP contribution in [0.25, 0.3) is 0 Å². The number of anilines is 2. The number of alkyl halides is 3. The van der Waals surface area contributed by atoms with E-state index < -0.39 is 11.9 Å². The molecule has 0 radical (unpaired) electrons. The van der Waals surface area contributed by atoms with Crippen molar-refractivity contribution in [2.45, 2.75) is 26.1 Å². The van der Waals surface area contributed by atoms with Crippen LogP contribution in [-0.2, 0) is 10.9 Å². The van der Waals surface area contributed by atoms with Crippen LogP contribution in [-0.4, -0.2) is 36.8 Å². The summed E-state index contributed by atoms with van der Waals surface area (Å²) < 4.78 is 43.3. The lowest BCUT2D eigenvalue weighted by Gasteiger charge is -2.22. The van der Waals surface area contributed by atoms with E-state index in [9.17, 15) is 13.2 Å². The van der Waals surface area contributed by atoms with Crippen molar-refractivity contribution < 1.29 is 17.9 Å². The van der Waals surface area contributed by atoms with Crippen molar-refractivity contribution in [1.29, 1.82) is 0 Å². The molecule has 8 heteroatoms. The lowest BCUT2D eigenvalue weighted by Crippen LogP contribution is -2.31. The summed E-state index contributed by atoms with van der Waals surface area (Å²) in [6.45, 7) is 4.26. The van der Waals surface area contributed by atoms with Crippen molar-refractivity contribution in [3.8, 4) is 0 Å². The molecule has 0 saturated heterocycles. The third-order valence-corrected chi connectivity index (χ3v) is 2.72. The molecule has 20 heavy (non-hydrogen) atoms. The molecule has 0 fully saturated rings. The van der Waals surface area contributed by atoms with Crippen molar-refractivity contribution in [1.82, 2.24) is 9.97 Å². The minimum atomic E-state index is -4.51. The molecule has 0 aliphatic heterocycles. The number of nitrogens with one attached hydrogen (secondary N) is 2. The van der Waals surface area contributed by atoms with Gasteiger partial charge in [0.15, 0.2) is 5.69 Å². The first-order valence-electron chi connectivity index (χ1n) is 6.17. The van der Waals surface area contributed by atoms with Gasteiger partial charge in [-0.15, -0.1) is 0 Å². The van der Waals surface area contributed by atoms with Gasteiger partial charge in [-0.1, -0.05) is 13.8 Å². The van der Waals surface area contributed by atoms with E-state index in [2.05, 4.69) is 20.6 Å². The Morgan fingerprint density at radius 2 is 1.95 bits per heavy atom. The van der Waals surface area contributed by atoms with Gasteiger partial charge < -0.3 is 15.4 Å². The molecule has 2 N–H and O–H groups in total. The normalized spacial score (nSPS) is 13.4. The number of methoxy groups -OCH3 is 1. The summed E-state index contributed by atoms with van der Waals surface area (Å²) in [5, 5.41) is 5.47. The molecule has 5 nitrogen and oxygen atoms in total. The third kappa shape index (κ3) is 4.52. The second-order valence-corrected chi connectivity index (χ2v) is 4.66. The van der Waals surface area contributed by atoms with E-state index >= 15 is 0 Å². The van der Waals surface area contributed by atoms with E-state index in [0.29, 0.717) is 6.61 Å². The lowest BCUT2D eigenvalue weighted by atomic mass is 10.1. The first-order valence-corrected chi connectivity index (χ1v) is 6.17. The molecule has 0 amide bonds. The van der Waals surface area contributed by atoms with Gasteiger partial charge in [0.05, 0.1) is 12.6 Å². The molecule has 0 spiro atoms. The third-order valence-electron chi connectivity index (χ3n) is 2.72. The molecular weight excluding hydrogens is 273 g/mol. The van der Waals surface area contributed by atoms with E-state index in [0.717, 1.165) is 6.07 Å². The molecule has 1 atom stereocenters. The summed E-state index contributed by atoms with van der Waals surface area (Å²) in [7, 11) is 3.01. The van der Waals surface area contributed by atoms with Crippen molar-refractivity contribution in [3.05, 3.63) is 11.8 Å². The predicted octanol–water partition coefficient (Wildman–Crippen LogP) is 2.62. The first kappa shape index (κ1) is 16.5. The maximum absolute atomic E-state index is 12.8. The van der Waals surface area contributed by atoms with Crippen LogP contribution in [0.1, 0.15) is 19.5 Å². The topological polar surface area (TPSA) is 59.1 Å². The fourth-order valence-corrected chi connectivity index (χ4v) is 1.55. The van der Waals surface area contributed by atoms with E-state index in [1.54, 1.807) is 0 Å². The van der Waals surface area contributed by atoms with E-state index in [-0.39, 0.29) is 23.7 Å². The highest BCUT2D eigenvalue weighted by Gasteiger charge is 2.34. The van der Waals surface area contributed by atoms with Crippen LogP contribution in [0.3, 0.4) is 0 Å². The number of nitrogens with zero attached hydrogens (tertiary/aromatic N) is 2. The molecule has 0 bridgehead atoms. The summed E-state index contributed by atoms with van der Waals surface area (Å²) in [4.78, 5) is 7.38. The fraction of sp³-hybridized carbons (Fsp3) is 0.667. The molecule has 0 aliphatic rings. The molecule has 114 valence electrons. The molecule has 0 aromatic carbocycles. The Bertz CT molecular complexity index is 437. The Morgan fingerprint density at radius 3 is 2.40 bits per heavy atom. The van der Waals surface area contributed by atoms with E-state index in [4.69, 9.17) is 4.74 Å². The number of halogens is 3. The molecule has 1 rings (SSSR count). The number of hydrogen-bond acceptors (Lipinski definition) is 5. The molecule has 1 unspecified atom stereocenters. The van der Waals surface area contributed by atoms with E-state index in [1.165, 1.54) is 14.2 Å². The number of rotatable bonds is 6. The van der Waals surface area contributed by atoms with Gasteiger partial charge in [0, 0.05) is 20.2 Å². The van der Waals surface area contributed by atoms with Crippen LogP contribution in [0.4, 0.5) is 24.9 Å². The van der Waals surface area contributed by atoms with Crippen LogP contribution >= 0.6 is 0 Å². The van der Waals surface area contributed by atoms with Crippen molar-refractivity contribution in [3.63, 3.8) is 0 Å². The van der Waals surface area contributed by atoms with Gasteiger partial charge in [-0.25, -0.2) is 4.98 Å². The molecule has 0 saturated carbocycles. The zero-order chi connectivity index (χ0) is 15.3. The lowest BCUT2D eigenvalue weighted by molar-refractivity contribution is -0.141. The molecule has 1 aromatic heterocycles. The maximum atomic E-state index is 12.8. The Kier molecular flexibility index (Phi) is 5.55. The monoisotopic (exact) mass is 292 g/mol.